The maximum atomic E-state index is 13.1. The number of ketones is 1. The largest absolute Gasteiger partial charge is 0.507 e. The van der Waals surface area contributed by atoms with Gasteiger partial charge in [0.05, 0.1) is 18.2 Å². The van der Waals surface area contributed by atoms with Crippen LogP contribution >= 0.6 is 0 Å². The van der Waals surface area contributed by atoms with Gasteiger partial charge < -0.3 is 14.7 Å². The van der Waals surface area contributed by atoms with Crippen LogP contribution in [0, 0.1) is 0 Å². The van der Waals surface area contributed by atoms with Crippen LogP contribution in [0.1, 0.15) is 29.7 Å². The van der Waals surface area contributed by atoms with Crippen LogP contribution in [0.3, 0.4) is 0 Å². The van der Waals surface area contributed by atoms with E-state index in [4.69, 9.17) is 4.74 Å². The molecule has 1 amide bonds. The van der Waals surface area contributed by atoms with Gasteiger partial charge in [-0.3, -0.25) is 14.6 Å². The summed E-state index contributed by atoms with van der Waals surface area (Å²) in [5.41, 5.74) is 2.07. The van der Waals surface area contributed by atoms with Crippen LogP contribution in [-0.4, -0.2) is 33.3 Å². The van der Waals surface area contributed by atoms with Gasteiger partial charge in [-0.15, -0.1) is 0 Å². The first kappa shape index (κ1) is 20.3. The fourth-order valence-electron chi connectivity index (χ4n) is 3.78. The summed E-state index contributed by atoms with van der Waals surface area (Å²) in [7, 11) is 0. The van der Waals surface area contributed by atoms with Gasteiger partial charge >= 0.3 is 0 Å². The minimum Gasteiger partial charge on any atom is -0.507 e. The Bertz CT molecular complexity index is 1130. The lowest BCUT2D eigenvalue weighted by molar-refractivity contribution is -0.140. The summed E-state index contributed by atoms with van der Waals surface area (Å²) in [6, 6.07) is 19.2. The molecule has 1 unspecified atom stereocenters. The van der Waals surface area contributed by atoms with Crippen molar-refractivity contribution < 1.29 is 19.4 Å². The van der Waals surface area contributed by atoms with Crippen LogP contribution in [0.5, 0.6) is 5.75 Å². The standard InChI is InChI=1S/C25H22N2O4/c1-2-31-20-10-6-9-19(15-20)22-21(23(28)18-11-13-26-14-12-18)24(29)25(30)27(22)16-17-7-4-3-5-8-17/h3-15,22,28H,2,16H2,1H3/b23-21+. The summed E-state index contributed by atoms with van der Waals surface area (Å²) in [5, 5.41) is 11.0. The van der Waals surface area contributed by atoms with Gasteiger partial charge in [-0.2, -0.15) is 0 Å². The number of ether oxygens (including phenoxy) is 1. The number of likely N-dealkylation sites (tertiary alicyclic amines) is 1. The van der Waals surface area contributed by atoms with Crippen LogP contribution in [0.4, 0.5) is 0 Å². The highest BCUT2D eigenvalue weighted by Crippen LogP contribution is 2.41. The lowest BCUT2D eigenvalue weighted by atomic mass is 9.95. The zero-order chi connectivity index (χ0) is 21.8. The molecule has 6 heteroatoms. The predicted octanol–water partition coefficient (Wildman–Crippen LogP) is 4.10. The Morgan fingerprint density at radius 1 is 1.03 bits per heavy atom. The molecule has 31 heavy (non-hydrogen) atoms. The van der Waals surface area contributed by atoms with E-state index in [2.05, 4.69) is 4.98 Å². The summed E-state index contributed by atoms with van der Waals surface area (Å²) >= 11 is 0. The molecular formula is C25H22N2O4. The molecule has 3 aromatic rings. The Balaban J connectivity index is 1.86. The zero-order valence-electron chi connectivity index (χ0n) is 17.1. The van der Waals surface area contributed by atoms with Gasteiger partial charge in [0.2, 0.25) is 0 Å². The molecule has 1 N–H and O–H groups in total. The number of pyridine rings is 1. The topological polar surface area (TPSA) is 79.7 Å². The highest BCUT2D eigenvalue weighted by molar-refractivity contribution is 6.46. The summed E-state index contributed by atoms with van der Waals surface area (Å²) in [4.78, 5) is 31.5. The number of carbonyl (C=O) groups excluding carboxylic acids is 2. The number of rotatable bonds is 6. The quantitative estimate of drug-likeness (QED) is 0.373. The molecule has 1 saturated heterocycles. The Morgan fingerprint density at radius 3 is 2.48 bits per heavy atom. The van der Waals surface area contributed by atoms with E-state index in [0.717, 1.165) is 5.56 Å². The normalized spacial score (nSPS) is 17.7. The summed E-state index contributed by atoms with van der Waals surface area (Å²) in [5.74, 6) is -0.944. The minimum atomic E-state index is -0.742. The van der Waals surface area contributed by atoms with Crippen LogP contribution in [0.15, 0.2) is 84.7 Å². The SMILES string of the molecule is CCOc1cccc(C2/C(=C(\O)c3ccncc3)C(=O)C(=O)N2Cc2ccccc2)c1. The maximum absolute atomic E-state index is 13.1. The molecule has 1 aliphatic rings. The van der Waals surface area contributed by atoms with Crippen molar-refractivity contribution in [3.63, 3.8) is 0 Å². The lowest BCUT2D eigenvalue weighted by Crippen LogP contribution is -2.29. The van der Waals surface area contributed by atoms with E-state index >= 15 is 0 Å². The van der Waals surface area contributed by atoms with Gasteiger partial charge in [-0.05, 0) is 42.3 Å². The summed E-state index contributed by atoms with van der Waals surface area (Å²) in [6.45, 7) is 2.62. The third-order valence-corrected chi connectivity index (χ3v) is 5.17. The molecule has 1 aromatic heterocycles. The number of carbonyl (C=O) groups is 2. The molecule has 1 atom stereocenters. The number of nitrogens with zero attached hydrogens (tertiary/aromatic N) is 2. The van der Waals surface area contributed by atoms with Gasteiger partial charge in [-0.1, -0.05) is 42.5 Å². The molecule has 2 heterocycles. The van der Waals surface area contributed by atoms with Crippen molar-refractivity contribution in [2.24, 2.45) is 0 Å². The van der Waals surface area contributed by atoms with Crippen molar-refractivity contribution in [1.82, 2.24) is 9.88 Å². The van der Waals surface area contributed by atoms with Crippen LogP contribution in [0.2, 0.25) is 0 Å². The zero-order valence-corrected chi connectivity index (χ0v) is 17.1. The number of benzene rings is 2. The van der Waals surface area contributed by atoms with E-state index in [1.807, 2.05) is 55.5 Å². The van der Waals surface area contributed by atoms with Gasteiger partial charge in [0.1, 0.15) is 11.5 Å². The van der Waals surface area contributed by atoms with E-state index in [9.17, 15) is 14.7 Å². The molecule has 0 radical (unpaired) electrons. The van der Waals surface area contributed by atoms with Crippen molar-refractivity contribution in [3.05, 3.63) is 101 Å². The van der Waals surface area contributed by atoms with Gasteiger partial charge in [0, 0.05) is 24.5 Å². The first-order valence-electron chi connectivity index (χ1n) is 10.1. The Hall–Kier alpha value is -3.93. The Kier molecular flexibility index (Phi) is 5.80. The van der Waals surface area contributed by atoms with E-state index in [1.165, 1.54) is 17.3 Å². The second kappa shape index (κ2) is 8.83. The molecule has 1 fully saturated rings. The Morgan fingerprint density at radius 2 is 1.77 bits per heavy atom. The fourth-order valence-corrected chi connectivity index (χ4v) is 3.78. The first-order valence-corrected chi connectivity index (χ1v) is 10.1. The minimum absolute atomic E-state index is 0.0563. The van der Waals surface area contributed by atoms with Crippen molar-refractivity contribution in [2.45, 2.75) is 19.5 Å². The van der Waals surface area contributed by atoms with Crippen molar-refractivity contribution in [3.8, 4) is 5.75 Å². The summed E-state index contributed by atoms with van der Waals surface area (Å²) in [6.07, 6.45) is 3.06. The molecule has 0 aliphatic carbocycles. The van der Waals surface area contributed by atoms with Crippen LogP contribution in [-0.2, 0) is 16.1 Å². The van der Waals surface area contributed by atoms with Crippen molar-refractivity contribution in [1.29, 1.82) is 0 Å². The number of hydrogen-bond acceptors (Lipinski definition) is 5. The predicted molar refractivity (Wildman–Crippen MR) is 116 cm³/mol. The number of Topliss-reactive ketones (excluding diaryl/α,β-unsaturated/α-hetero) is 1. The second-order valence-corrected chi connectivity index (χ2v) is 7.15. The third-order valence-electron chi connectivity index (χ3n) is 5.17. The van der Waals surface area contributed by atoms with Gasteiger partial charge in [-0.25, -0.2) is 0 Å². The van der Waals surface area contributed by atoms with Gasteiger partial charge in [0.15, 0.2) is 0 Å². The highest BCUT2D eigenvalue weighted by Gasteiger charge is 2.46. The number of hydrogen-bond donors (Lipinski definition) is 1. The van der Waals surface area contributed by atoms with E-state index in [0.29, 0.717) is 23.5 Å². The molecule has 1 aliphatic heterocycles. The molecular weight excluding hydrogens is 392 g/mol. The van der Waals surface area contributed by atoms with Gasteiger partial charge in [0.25, 0.3) is 11.7 Å². The number of aromatic nitrogens is 1. The Labute approximate surface area is 180 Å². The van der Waals surface area contributed by atoms with Crippen LogP contribution < -0.4 is 4.74 Å². The highest BCUT2D eigenvalue weighted by atomic mass is 16.5. The van der Waals surface area contributed by atoms with Crippen LogP contribution in [0.25, 0.3) is 5.76 Å². The molecule has 0 spiro atoms. The van der Waals surface area contributed by atoms with E-state index in [-0.39, 0.29) is 17.9 Å². The number of aliphatic hydroxyl groups excluding tert-OH is 1. The molecule has 4 rings (SSSR count). The van der Waals surface area contributed by atoms with E-state index in [1.54, 1.807) is 18.2 Å². The average molecular weight is 414 g/mol. The third kappa shape index (κ3) is 4.05. The lowest BCUT2D eigenvalue weighted by Gasteiger charge is -2.25. The maximum Gasteiger partial charge on any atom is 0.295 e. The number of amides is 1. The smallest absolute Gasteiger partial charge is 0.295 e. The van der Waals surface area contributed by atoms with Crippen molar-refractivity contribution in [2.75, 3.05) is 6.61 Å². The molecule has 0 saturated carbocycles. The molecule has 2 aromatic carbocycles. The first-order chi connectivity index (χ1) is 15.1. The second-order valence-electron chi connectivity index (χ2n) is 7.15. The summed E-state index contributed by atoms with van der Waals surface area (Å²) < 4.78 is 5.62. The molecule has 0 bridgehead atoms. The molecule has 156 valence electrons. The molecule has 6 nitrogen and oxygen atoms in total. The van der Waals surface area contributed by atoms with Crippen molar-refractivity contribution >= 4 is 17.4 Å². The monoisotopic (exact) mass is 414 g/mol. The number of aliphatic hydroxyl groups is 1. The average Bonchev–Trinajstić information content (AvgIpc) is 3.05. The van der Waals surface area contributed by atoms with E-state index < -0.39 is 17.7 Å². The fraction of sp³-hybridized carbons (Fsp3) is 0.160.